The summed E-state index contributed by atoms with van der Waals surface area (Å²) in [5.41, 5.74) is -0.102. The summed E-state index contributed by atoms with van der Waals surface area (Å²) in [5, 5.41) is 12.3. The number of nitrogens with zero attached hydrogens (tertiary/aromatic N) is 1. The Labute approximate surface area is 111 Å². The van der Waals surface area contributed by atoms with Gasteiger partial charge in [-0.1, -0.05) is 11.6 Å². The average Bonchev–Trinajstić information content (AvgIpc) is 2.72. The third kappa shape index (κ3) is 2.03. The van der Waals surface area contributed by atoms with Crippen LogP contribution in [0, 0.1) is 0 Å². The molecule has 0 saturated carbocycles. The number of halogens is 1. The minimum absolute atomic E-state index is 0.612. The number of benzene rings is 1. The highest BCUT2D eigenvalue weighted by molar-refractivity contribution is 6.31. The largest absolute Gasteiger partial charge is 0.458 e. The van der Waals surface area contributed by atoms with Gasteiger partial charge in [0.25, 0.3) is 0 Å². The van der Waals surface area contributed by atoms with Crippen LogP contribution >= 0.6 is 11.6 Å². The zero-order chi connectivity index (χ0) is 12.8. The number of hydrogen-bond donors (Lipinski definition) is 1. The highest BCUT2D eigenvalue weighted by Crippen LogP contribution is 2.35. The lowest BCUT2D eigenvalue weighted by Crippen LogP contribution is -2.43. The monoisotopic (exact) mass is 265 g/mol. The Bertz CT molecular complexity index is 580. The maximum absolute atomic E-state index is 10.7. The summed E-state index contributed by atoms with van der Waals surface area (Å²) in [4.78, 5) is 2.13. The van der Waals surface area contributed by atoms with E-state index >= 15 is 0 Å². The second-order valence-electron chi connectivity index (χ2n) is 5.17. The Morgan fingerprint density at radius 3 is 3.00 bits per heavy atom. The molecule has 1 aliphatic heterocycles. The molecule has 2 heterocycles. The zero-order valence-electron chi connectivity index (χ0n) is 10.3. The van der Waals surface area contributed by atoms with Crippen molar-refractivity contribution in [2.45, 2.75) is 18.4 Å². The van der Waals surface area contributed by atoms with Crippen molar-refractivity contribution >= 4 is 22.6 Å². The molecule has 1 aromatic heterocycles. The van der Waals surface area contributed by atoms with E-state index in [1.165, 1.54) is 0 Å². The van der Waals surface area contributed by atoms with Gasteiger partial charge in [0, 0.05) is 17.0 Å². The van der Waals surface area contributed by atoms with Gasteiger partial charge in [-0.15, -0.1) is 0 Å². The normalized spacial score (nSPS) is 25.7. The fraction of sp³-hybridized carbons (Fsp3) is 0.429. The van der Waals surface area contributed by atoms with E-state index in [2.05, 4.69) is 4.90 Å². The van der Waals surface area contributed by atoms with Gasteiger partial charge in [0.1, 0.15) is 16.9 Å². The van der Waals surface area contributed by atoms with Crippen LogP contribution in [0.4, 0.5) is 0 Å². The molecule has 0 radical (unpaired) electrons. The number of rotatable bonds is 1. The van der Waals surface area contributed by atoms with E-state index in [1.54, 1.807) is 6.07 Å². The standard InChI is InChI=1S/C14H16ClNO2/c1-16-6-2-5-14(17,9-16)13-8-10-7-11(15)3-4-12(10)18-13/h3-4,7-8,17H,2,5-6,9H2,1H3. The van der Waals surface area contributed by atoms with Crippen molar-refractivity contribution in [3.8, 4) is 0 Å². The SMILES string of the molecule is CN1CCCC(O)(c2cc3cc(Cl)ccc3o2)C1. The van der Waals surface area contributed by atoms with Crippen LogP contribution in [0.3, 0.4) is 0 Å². The first-order valence-corrected chi connectivity index (χ1v) is 6.55. The van der Waals surface area contributed by atoms with E-state index in [-0.39, 0.29) is 0 Å². The second kappa shape index (κ2) is 4.26. The predicted molar refractivity (Wildman–Crippen MR) is 71.9 cm³/mol. The van der Waals surface area contributed by atoms with Crippen molar-refractivity contribution in [2.75, 3.05) is 20.1 Å². The molecule has 4 heteroatoms. The van der Waals surface area contributed by atoms with Gasteiger partial charge in [-0.2, -0.15) is 0 Å². The van der Waals surface area contributed by atoms with Crippen molar-refractivity contribution in [1.29, 1.82) is 0 Å². The summed E-state index contributed by atoms with van der Waals surface area (Å²) in [7, 11) is 2.02. The van der Waals surface area contributed by atoms with E-state index in [4.69, 9.17) is 16.0 Å². The van der Waals surface area contributed by atoms with Gasteiger partial charge in [0.05, 0.1) is 0 Å². The van der Waals surface area contributed by atoms with E-state index < -0.39 is 5.60 Å². The third-order valence-corrected chi connectivity index (χ3v) is 3.83. The first-order chi connectivity index (χ1) is 8.57. The smallest absolute Gasteiger partial charge is 0.138 e. The molecule has 96 valence electrons. The highest BCUT2D eigenvalue weighted by atomic mass is 35.5. The Balaban J connectivity index is 2.03. The molecule has 0 amide bonds. The lowest BCUT2D eigenvalue weighted by Gasteiger charge is -2.35. The predicted octanol–water partition coefficient (Wildman–Crippen LogP) is 3.00. The molecule has 0 bridgehead atoms. The number of hydrogen-bond acceptors (Lipinski definition) is 3. The van der Waals surface area contributed by atoms with Gasteiger partial charge in [-0.3, -0.25) is 0 Å². The maximum Gasteiger partial charge on any atom is 0.138 e. The van der Waals surface area contributed by atoms with Gasteiger partial charge in [-0.25, -0.2) is 0 Å². The molecular formula is C14H16ClNO2. The fourth-order valence-corrected chi connectivity index (χ4v) is 2.87. The molecule has 1 aliphatic rings. The quantitative estimate of drug-likeness (QED) is 0.861. The minimum Gasteiger partial charge on any atom is -0.458 e. The lowest BCUT2D eigenvalue weighted by atomic mass is 9.90. The highest BCUT2D eigenvalue weighted by Gasteiger charge is 2.36. The summed E-state index contributed by atoms with van der Waals surface area (Å²) in [6.07, 6.45) is 1.72. The molecular weight excluding hydrogens is 250 g/mol. The minimum atomic E-state index is -0.876. The molecule has 1 unspecified atom stereocenters. The van der Waals surface area contributed by atoms with Crippen molar-refractivity contribution in [3.63, 3.8) is 0 Å². The number of β-amino-alcohol motifs (C(OH)–C–C–N with tert-alkyl or cyclic N) is 1. The number of fused-ring (bicyclic) bond motifs is 1. The number of furan rings is 1. The summed E-state index contributed by atoms with van der Waals surface area (Å²) < 4.78 is 5.78. The lowest BCUT2D eigenvalue weighted by molar-refractivity contribution is -0.0429. The number of aliphatic hydroxyl groups is 1. The molecule has 3 rings (SSSR count). The maximum atomic E-state index is 10.7. The van der Waals surface area contributed by atoms with Crippen LogP contribution in [0.15, 0.2) is 28.7 Å². The van der Waals surface area contributed by atoms with Gasteiger partial charge in [0.15, 0.2) is 0 Å². The fourth-order valence-electron chi connectivity index (χ4n) is 2.69. The Kier molecular flexibility index (Phi) is 2.85. The first-order valence-electron chi connectivity index (χ1n) is 6.17. The summed E-state index contributed by atoms with van der Waals surface area (Å²) >= 11 is 5.96. The molecule has 2 aromatic rings. The van der Waals surface area contributed by atoms with Crippen molar-refractivity contribution < 1.29 is 9.52 Å². The van der Waals surface area contributed by atoms with E-state index in [0.29, 0.717) is 17.3 Å². The van der Waals surface area contributed by atoms with E-state index in [9.17, 15) is 5.11 Å². The molecule has 1 fully saturated rings. The molecule has 1 atom stereocenters. The van der Waals surface area contributed by atoms with Crippen molar-refractivity contribution in [1.82, 2.24) is 4.90 Å². The molecule has 3 nitrogen and oxygen atoms in total. The van der Waals surface area contributed by atoms with Gasteiger partial charge in [-0.05, 0) is 50.7 Å². The number of piperidine rings is 1. The molecule has 18 heavy (non-hydrogen) atoms. The van der Waals surface area contributed by atoms with Crippen molar-refractivity contribution in [3.05, 3.63) is 35.0 Å². The summed E-state index contributed by atoms with van der Waals surface area (Å²) in [6.45, 7) is 1.63. The van der Waals surface area contributed by atoms with Crippen LogP contribution in [0.2, 0.25) is 5.02 Å². The van der Waals surface area contributed by atoms with Crippen LogP contribution < -0.4 is 0 Å². The molecule has 1 N–H and O–H groups in total. The van der Waals surface area contributed by atoms with Crippen LogP contribution in [0.25, 0.3) is 11.0 Å². The Morgan fingerprint density at radius 2 is 2.22 bits per heavy atom. The van der Waals surface area contributed by atoms with Gasteiger partial charge in [0.2, 0.25) is 0 Å². The van der Waals surface area contributed by atoms with Crippen LogP contribution in [0.5, 0.6) is 0 Å². The first kappa shape index (κ1) is 12.0. The van der Waals surface area contributed by atoms with Crippen molar-refractivity contribution in [2.24, 2.45) is 0 Å². The van der Waals surface area contributed by atoms with Gasteiger partial charge < -0.3 is 14.4 Å². The second-order valence-corrected chi connectivity index (χ2v) is 5.60. The number of likely N-dealkylation sites (tertiary alicyclic amines) is 1. The molecule has 0 aliphatic carbocycles. The Hall–Kier alpha value is -1.03. The molecule has 0 spiro atoms. The summed E-state index contributed by atoms with van der Waals surface area (Å²) in [6, 6.07) is 7.41. The Morgan fingerprint density at radius 1 is 1.39 bits per heavy atom. The molecule has 1 aromatic carbocycles. The number of likely N-dealkylation sites (N-methyl/N-ethyl adjacent to an activating group) is 1. The van der Waals surface area contributed by atoms with E-state index in [0.717, 1.165) is 30.4 Å². The van der Waals surface area contributed by atoms with E-state index in [1.807, 2.05) is 25.2 Å². The summed E-state index contributed by atoms with van der Waals surface area (Å²) in [5.74, 6) is 0.645. The third-order valence-electron chi connectivity index (χ3n) is 3.60. The average molecular weight is 266 g/mol. The topological polar surface area (TPSA) is 36.6 Å². The van der Waals surface area contributed by atoms with Crippen LogP contribution in [-0.4, -0.2) is 30.1 Å². The van der Waals surface area contributed by atoms with Crippen LogP contribution in [-0.2, 0) is 5.60 Å². The zero-order valence-corrected chi connectivity index (χ0v) is 11.1. The van der Waals surface area contributed by atoms with Gasteiger partial charge >= 0.3 is 0 Å². The molecule has 1 saturated heterocycles. The van der Waals surface area contributed by atoms with Crippen LogP contribution in [0.1, 0.15) is 18.6 Å².